The van der Waals surface area contributed by atoms with Gasteiger partial charge in [-0.2, -0.15) is 0 Å². The second-order valence-electron chi connectivity index (χ2n) is 6.72. The first-order chi connectivity index (χ1) is 11.4. The van der Waals surface area contributed by atoms with Crippen molar-refractivity contribution in [3.8, 4) is 0 Å². The smallest absolute Gasteiger partial charge is 0.748 e. The van der Waals surface area contributed by atoms with Crippen LogP contribution in [0.2, 0.25) is 0 Å². The van der Waals surface area contributed by atoms with Crippen molar-refractivity contribution in [1.29, 1.82) is 0 Å². The van der Waals surface area contributed by atoms with Gasteiger partial charge in [0.1, 0.15) is 0 Å². The minimum atomic E-state index is -4.20. The van der Waals surface area contributed by atoms with Crippen molar-refractivity contribution in [2.24, 2.45) is 0 Å². The Bertz CT molecular complexity index is 412. The maximum Gasteiger partial charge on any atom is 1.00 e. The molecular formula is C18H35NaO5S. The van der Waals surface area contributed by atoms with Crippen LogP contribution in [-0.2, 0) is 14.9 Å². The Labute approximate surface area is 176 Å². The zero-order chi connectivity index (χ0) is 18.3. The van der Waals surface area contributed by atoms with E-state index in [1.54, 1.807) is 0 Å². The van der Waals surface area contributed by atoms with E-state index >= 15 is 0 Å². The molecule has 1 unspecified atom stereocenters. The van der Waals surface area contributed by atoms with Crippen LogP contribution in [0.3, 0.4) is 0 Å². The van der Waals surface area contributed by atoms with E-state index in [0.29, 0.717) is 19.3 Å². The molecule has 0 spiro atoms. The van der Waals surface area contributed by atoms with E-state index in [1.807, 2.05) is 0 Å². The monoisotopic (exact) mass is 386 g/mol. The summed E-state index contributed by atoms with van der Waals surface area (Å²) in [5.74, 6) is -0.776. The summed E-state index contributed by atoms with van der Waals surface area (Å²) >= 11 is 0. The first-order valence-electron chi connectivity index (χ1n) is 9.54. The van der Waals surface area contributed by atoms with Crippen LogP contribution in [0.4, 0.5) is 0 Å². The predicted octanol–water partition coefficient (Wildman–Crippen LogP) is 1.86. The zero-order valence-corrected chi connectivity index (χ0v) is 19.0. The quantitative estimate of drug-likeness (QED) is 0.234. The van der Waals surface area contributed by atoms with E-state index in [4.69, 9.17) is 5.11 Å². The van der Waals surface area contributed by atoms with Gasteiger partial charge in [-0.05, 0) is 19.3 Å². The summed E-state index contributed by atoms with van der Waals surface area (Å²) < 4.78 is 34.1. The number of carbonyl (C=O) groups is 1. The second kappa shape index (κ2) is 17.8. The van der Waals surface area contributed by atoms with Crippen molar-refractivity contribution in [3.63, 3.8) is 0 Å². The predicted molar refractivity (Wildman–Crippen MR) is 96.1 cm³/mol. The van der Waals surface area contributed by atoms with Crippen molar-refractivity contribution in [2.75, 3.05) is 0 Å². The molecule has 0 saturated heterocycles. The number of unbranched alkanes of at least 4 members (excludes halogenated alkanes) is 10. The topological polar surface area (TPSA) is 94.5 Å². The number of carboxylic acids is 1. The molecule has 0 aliphatic heterocycles. The average molecular weight is 387 g/mol. The number of hydrogen-bond acceptors (Lipinski definition) is 4. The molecule has 0 fully saturated rings. The fourth-order valence-electron chi connectivity index (χ4n) is 2.94. The van der Waals surface area contributed by atoms with Crippen molar-refractivity contribution >= 4 is 16.1 Å². The molecule has 0 saturated carbocycles. The van der Waals surface area contributed by atoms with Gasteiger partial charge < -0.3 is 9.66 Å². The normalized spacial score (nSPS) is 12.6. The Balaban J connectivity index is 0. The van der Waals surface area contributed by atoms with Crippen LogP contribution >= 0.6 is 0 Å². The molecule has 1 atom stereocenters. The molecular weight excluding hydrogens is 351 g/mol. The van der Waals surface area contributed by atoms with Crippen molar-refractivity contribution < 1.29 is 52.4 Å². The maximum absolute atomic E-state index is 11.4. The van der Waals surface area contributed by atoms with Gasteiger partial charge in [-0.25, -0.2) is 8.42 Å². The molecule has 0 bridgehead atoms. The first kappa shape index (κ1) is 27.6. The molecule has 0 aromatic carbocycles. The zero-order valence-electron chi connectivity index (χ0n) is 16.2. The Morgan fingerprint density at radius 3 is 1.64 bits per heavy atom. The molecule has 0 aliphatic carbocycles. The number of carboxylic acid groups (broad SMARTS) is 1. The van der Waals surface area contributed by atoms with Gasteiger partial charge in [-0.15, -0.1) is 0 Å². The van der Waals surface area contributed by atoms with Crippen LogP contribution < -0.4 is 29.6 Å². The molecule has 0 heterocycles. The number of aliphatic carboxylic acids is 1. The maximum atomic E-state index is 11.4. The Hall–Kier alpha value is 0.380. The van der Waals surface area contributed by atoms with Gasteiger partial charge in [0.25, 0.3) is 0 Å². The van der Waals surface area contributed by atoms with Gasteiger partial charge in [-0.3, -0.25) is 4.79 Å². The number of hydrogen-bond donors (Lipinski definition) is 1. The molecule has 0 amide bonds. The summed E-state index contributed by atoms with van der Waals surface area (Å²) in [6.45, 7) is 2.18. The van der Waals surface area contributed by atoms with Crippen LogP contribution in [-0.4, -0.2) is 29.3 Å². The van der Waals surface area contributed by atoms with E-state index in [9.17, 15) is 17.8 Å². The average Bonchev–Trinajstić information content (AvgIpc) is 2.49. The van der Waals surface area contributed by atoms with E-state index < -0.39 is 21.3 Å². The third-order valence-corrected chi connectivity index (χ3v) is 5.74. The van der Waals surface area contributed by atoms with Crippen molar-refractivity contribution in [2.45, 2.75) is 108 Å². The largest absolute Gasteiger partial charge is 1.00 e. The summed E-state index contributed by atoms with van der Waals surface area (Å²) in [6.07, 6.45) is 13.0. The molecule has 0 rings (SSSR count). The molecule has 0 aromatic heterocycles. The van der Waals surface area contributed by atoms with Gasteiger partial charge >= 0.3 is 35.5 Å². The first-order valence-corrected chi connectivity index (χ1v) is 11.0. The third-order valence-electron chi connectivity index (χ3n) is 4.45. The van der Waals surface area contributed by atoms with Gasteiger partial charge in [0.05, 0.1) is 10.1 Å². The van der Waals surface area contributed by atoms with Crippen LogP contribution in [0.15, 0.2) is 0 Å². The summed E-state index contributed by atoms with van der Waals surface area (Å²) in [5, 5.41) is 7.80. The van der Waals surface area contributed by atoms with Gasteiger partial charge in [-0.1, -0.05) is 77.6 Å². The Kier molecular flexibility index (Phi) is 19.6. The van der Waals surface area contributed by atoms with Crippen LogP contribution in [0.25, 0.3) is 0 Å². The fourth-order valence-corrected chi connectivity index (χ4v) is 3.85. The summed E-state index contributed by atoms with van der Waals surface area (Å²) in [6, 6.07) is 0. The second-order valence-corrected chi connectivity index (χ2v) is 8.38. The van der Waals surface area contributed by atoms with Gasteiger partial charge in [0.2, 0.25) is 0 Å². The minimum Gasteiger partial charge on any atom is -0.748 e. The molecule has 0 aliphatic rings. The van der Waals surface area contributed by atoms with Gasteiger partial charge in [0.15, 0.2) is 0 Å². The fraction of sp³-hybridized carbons (Fsp3) is 0.944. The Morgan fingerprint density at radius 2 is 1.24 bits per heavy atom. The SMILES string of the molecule is CCCCCCCCCC(CCCCCCCC(=O)O)S(=O)(=O)[O-].[Na+]. The molecule has 0 radical (unpaired) electrons. The molecule has 144 valence electrons. The number of rotatable bonds is 17. The molecule has 25 heavy (non-hydrogen) atoms. The van der Waals surface area contributed by atoms with Crippen LogP contribution in [0.5, 0.6) is 0 Å². The minimum absolute atomic E-state index is 0. The van der Waals surface area contributed by atoms with Crippen molar-refractivity contribution in [3.05, 3.63) is 0 Å². The molecule has 1 N–H and O–H groups in total. The molecule has 5 nitrogen and oxygen atoms in total. The standard InChI is InChI=1S/C18H36O5S.Na/c1-2-3-4-5-6-8-11-14-17(24(21,22)23)15-12-9-7-10-13-16-18(19)20;/h17H,2-16H2,1H3,(H,19,20)(H,21,22,23);/q;+1/p-1. The molecule has 7 heteroatoms. The van der Waals surface area contributed by atoms with E-state index in [0.717, 1.165) is 44.9 Å². The van der Waals surface area contributed by atoms with E-state index in [-0.39, 0.29) is 36.0 Å². The third kappa shape index (κ3) is 19.0. The van der Waals surface area contributed by atoms with Crippen LogP contribution in [0, 0.1) is 0 Å². The van der Waals surface area contributed by atoms with Gasteiger partial charge in [0, 0.05) is 11.7 Å². The Morgan fingerprint density at radius 1 is 0.840 bits per heavy atom. The van der Waals surface area contributed by atoms with Crippen LogP contribution in [0.1, 0.15) is 103 Å². The van der Waals surface area contributed by atoms with E-state index in [2.05, 4.69) is 6.92 Å². The summed E-state index contributed by atoms with van der Waals surface area (Å²) in [5.41, 5.74) is 0. The van der Waals surface area contributed by atoms with Crippen molar-refractivity contribution in [1.82, 2.24) is 0 Å². The molecule has 0 aromatic rings. The summed E-state index contributed by atoms with van der Waals surface area (Å²) in [7, 11) is -4.20. The summed E-state index contributed by atoms with van der Waals surface area (Å²) in [4.78, 5) is 10.4. The van der Waals surface area contributed by atoms with E-state index in [1.165, 1.54) is 25.7 Å².